The van der Waals surface area contributed by atoms with Gasteiger partial charge in [-0.25, -0.2) is 4.98 Å². The van der Waals surface area contributed by atoms with Crippen molar-refractivity contribution in [1.29, 1.82) is 0 Å². The minimum atomic E-state index is -0.214. The van der Waals surface area contributed by atoms with E-state index in [1.807, 2.05) is 4.90 Å². The van der Waals surface area contributed by atoms with Gasteiger partial charge in [0, 0.05) is 28.6 Å². The Labute approximate surface area is 180 Å². The maximum atomic E-state index is 13.3. The van der Waals surface area contributed by atoms with Crippen LogP contribution in [0.3, 0.4) is 0 Å². The molecule has 0 bridgehead atoms. The molecule has 2 aromatic rings. The van der Waals surface area contributed by atoms with Gasteiger partial charge in [0.15, 0.2) is 5.13 Å². The summed E-state index contributed by atoms with van der Waals surface area (Å²) >= 11 is 7.39. The van der Waals surface area contributed by atoms with Crippen LogP contribution in [0, 0.1) is 11.8 Å². The van der Waals surface area contributed by atoms with E-state index in [9.17, 15) is 9.59 Å². The lowest BCUT2D eigenvalue weighted by molar-refractivity contribution is -0.136. The molecule has 2 heterocycles. The van der Waals surface area contributed by atoms with Gasteiger partial charge in [-0.05, 0) is 61.8 Å². The summed E-state index contributed by atoms with van der Waals surface area (Å²) < 4.78 is 0. The highest BCUT2D eigenvalue weighted by Crippen LogP contribution is 2.38. The Morgan fingerprint density at radius 3 is 2.55 bits per heavy atom. The molecule has 154 valence electrons. The third kappa shape index (κ3) is 4.48. The summed E-state index contributed by atoms with van der Waals surface area (Å²) in [6.45, 7) is 6.10. The Bertz CT molecular complexity index is 901. The van der Waals surface area contributed by atoms with Crippen molar-refractivity contribution < 1.29 is 9.59 Å². The van der Waals surface area contributed by atoms with Gasteiger partial charge in [0.1, 0.15) is 0 Å². The molecule has 3 atom stereocenters. The minimum Gasteiger partial charge on any atom is -0.342 e. The van der Waals surface area contributed by atoms with Gasteiger partial charge >= 0.3 is 0 Å². The fourth-order valence-electron chi connectivity index (χ4n) is 4.55. The SMILES string of the molecule is CC1CC(C)CN(C(=O)C2CCCc3sc(NC(=O)c4ccc(Cl)cc4)nc32)C1. The molecular formula is C22H26ClN3O2S. The van der Waals surface area contributed by atoms with Gasteiger partial charge < -0.3 is 4.90 Å². The van der Waals surface area contributed by atoms with E-state index in [0.29, 0.717) is 27.6 Å². The van der Waals surface area contributed by atoms with E-state index in [-0.39, 0.29) is 17.7 Å². The van der Waals surface area contributed by atoms with Crippen LogP contribution in [-0.4, -0.2) is 34.8 Å². The number of carbonyl (C=O) groups is 2. The molecule has 0 radical (unpaired) electrons. The van der Waals surface area contributed by atoms with Crippen molar-refractivity contribution in [3.63, 3.8) is 0 Å². The maximum Gasteiger partial charge on any atom is 0.257 e. The summed E-state index contributed by atoms with van der Waals surface area (Å²) in [5.74, 6) is 0.874. The molecule has 0 saturated carbocycles. The number of aryl methyl sites for hydroxylation is 1. The summed E-state index contributed by atoms with van der Waals surface area (Å²) in [4.78, 5) is 33.6. The highest BCUT2D eigenvalue weighted by atomic mass is 35.5. The van der Waals surface area contributed by atoms with Crippen LogP contribution in [0.2, 0.25) is 5.02 Å². The van der Waals surface area contributed by atoms with Crippen LogP contribution in [0.5, 0.6) is 0 Å². The number of hydrogen-bond acceptors (Lipinski definition) is 4. The topological polar surface area (TPSA) is 62.3 Å². The van der Waals surface area contributed by atoms with E-state index >= 15 is 0 Å². The highest BCUT2D eigenvalue weighted by molar-refractivity contribution is 7.16. The molecule has 0 spiro atoms. The lowest BCUT2D eigenvalue weighted by atomic mass is 9.87. The summed E-state index contributed by atoms with van der Waals surface area (Å²) in [5.41, 5.74) is 1.40. The van der Waals surface area contributed by atoms with Gasteiger partial charge in [-0.2, -0.15) is 0 Å². The number of thiazole rings is 1. The molecular weight excluding hydrogens is 406 g/mol. The predicted molar refractivity (Wildman–Crippen MR) is 117 cm³/mol. The van der Waals surface area contributed by atoms with Gasteiger partial charge in [0.25, 0.3) is 5.91 Å². The third-order valence-electron chi connectivity index (χ3n) is 5.76. The molecule has 3 unspecified atom stereocenters. The minimum absolute atomic E-state index is 0.186. The maximum absolute atomic E-state index is 13.3. The normalized spacial score (nSPS) is 24.1. The van der Waals surface area contributed by atoms with Crippen molar-refractivity contribution in [1.82, 2.24) is 9.88 Å². The molecule has 29 heavy (non-hydrogen) atoms. The molecule has 2 aliphatic rings. The zero-order valence-corrected chi connectivity index (χ0v) is 18.4. The number of benzene rings is 1. The van der Waals surface area contributed by atoms with Gasteiger partial charge in [0.05, 0.1) is 11.6 Å². The van der Waals surface area contributed by atoms with Crippen LogP contribution in [0.25, 0.3) is 0 Å². The standard InChI is InChI=1S/C22H26ClN3O2S/c1-13-10-14(2)12-26(11-13)21(28)17-4-3-5-18-19(17)24-22(29-18)25-20(27)15-6-8-16(23)9-7-15/h6-9,13-14,17H,3-5,10-12H2,1-2H3,(H,24,25,27). The van der Waals surface area contributed by atoms with Gasteiger partial charge in [-0.15, -0.1) is 11.3 Å². The van der Waals surface area contributed by atoms with Crippen LogP contribution in [0.4, 0.5) is 5.13 Å². The van der Waals surface area contributed by atoms with Crippen molar-refractivity contribution >= 4 is 39.9 Å². The molecule has 1 saturated heterocycles. The molecule has 1 fully saturated rings. The Kier molecular flexibility index (Phi) is 5.93. The molecule has 4 rings (SSSR count). The second kappa shape index (κ2) is 8.44. The Morgan fingerprint density at radius 1 is 1.17 bits per heavy atom. The first-order valence-electron chi connectivity index (χ1n) is 10.3. The molecule has 1 aliphatic heterocycles. The van der Waals surface area contributed by atoms with E-state index in [1.165, 1.54) is 17.8 Å². The number of likely N-dealkylation sites (tertiary alicyclic amines) is 1. The number of amides is 2. The second-order valence-corrected chi connectivity index (χ2v) is 9.94. The van der Waals surface area contributed by atoms with Crippen molar-refractivity contribution in [2.45, 2.75) is 45.4 Å². The Hall–Kier alpha value is -1.92. The van der Waals surface area contributed by atoms with Crippen LogP contribution in [-0.2, 0) is 11.2 Å². The van der Waals surface area contributed by atoms with Crippen LogP contribution < -0.4 is 5.32 Å². The smallest absolute Gasteiger partial charge is 0.257 e. The lowest BCUT2D eigenvalue weighted by Crippen LogP contribution is -2.45. The van der Waals surface area contributed by atoms with E-state index in [1.54, 1.807) is 24.3 Å². The number of nitrogens with zero attached hydrogens (tertiary/aromatic N) is 2. The third-order valence-corrected chi connectivity index (χ3v) is 7.06. The lowest BCUT2D eigenvalue weighted by Gasteiger charge is -2.37. The molecule has 5 nitrogen and oxygen atoms in total. The number of hydrogen-bond donors (Lipinski definition) is 1. The van der Waals surface area contributed by atoms with E-state index in [0.717, 1.165) is 42.9 Å². The van der Waals surface area contributed by atoms with Crippen molar-refractivity contribution in [3.05, 3.63) is 45.4 Å². The van der Waals surface area contributed by atoms with Crippen molar-refractivity contribution in [3.8, 4) is 0 Å². The molecule has 1 N–H and O–H groups in total. The number of aromatic nitrogens is 1. The first kappa shape index (κ1) is 20.4. The molecule has 1 aromatic heterocycles. The van der Waals surface area contributed by atoms with Gasteiger partial charge in [-0.3, -0.25) is 14.9 Å². The Balaban J connectivity index is 1.51. The monoisotopic (exact) mass is 431 g/mol. The molecule has 1 aromatic carbocycles. The van der Waals surface area contributed by atoms with E-state index < -0.39 is 0 Å². The summed E-state index contributed by atoms with van der Waals surface area (Å²) in [6, 6.07) is 6.77. The molecule has 7 heteroatoms. The van der Waals surface area contributed by atoms with Crippen molar-refractivity contribution in [2.75, 3.05) is 18.4 Å². The summed E-state index contributed by atoms with van der Waals surface area (Å²) in [7, 11) is 0. The first-order chi connectivity index (χ1) is 13.9. The predicted octanol–water partition coefficient (Wildman–Crippen LogP) is 4.97. The zero-order valence-electron chi connectivity index (χ0n) is 16.8. The second-order valence-electron chi connectivity index (χ2n) is 8.42. The number of halogens is 1. The van der Waals surface area contributed by atoms with Gasteiger partial charge in [-0.1, -0.05) is 25.4 Å². The number of anilines is 1. The quantitative estimate of drug-likeness (QED) is 0.745. The van der Waals surface area contributed by atoms with Crippen molar-refractivity contribution in [2.24, 2.45) is 11.8 Å². The Morgan fingerprint density at radius 2 is 1.86 bits per heavy atom. The summed E-state index contributed by atoms with van der Waals surface area (Å²) in [6.07, 6.45) is 3.91. The molecule has 2 amide bonds. The van der Waals surface area contributed by atoms with Crippen LogP contribution >= 0.6 is 22.9 Å². The zero-order chi connectivity index (χ0) is 20.5. The van der Waals surface area contributed by atoms with Gasteiger partial charge in [0.2, 0.25) is 5.91 Å². The molecule has 1 aliphatic carbocycles. The average molecular weight is 432 g/mol. The van der Waals surface area contributed by atoms with E-state index in [4.69, 9.17) is 11.6 Å². The number of rotatable bonds is 3. The number of nitrogens with one attached hydrogen (secondary N) is 1. The average Bonchev–Trinajstić information content (AvgIpc) is 3.09. The fraction of sp³-hybridized carbons (Fsp3) is 0.500. The number of fused-ring (bicyclic) bond motifs is 1. The summed E-state index contributed by atoms with van der Waals surface area (Å²) in [5, 5.41) is 4.04. The number of carbonyl (C=O) groups excluding carboxylic acids is 2. The fourth-order valence-corrected chi connectivity index (χ4v) is 5.73. The first-order valence-corrected chi connectivity index (χ1v) is 11.5. The largest absolute Gasteiger partial charge is 0.342 e. The van der Waals surface area contributed by atoms with Crippen LogP contribution in [0.1, 0.15) is 60.0 Å². The van der Waals surface area contributed by atoms with E-state index in [2.05, 4.69) is 24.1 Å². The highest BCUT2D eigenvalue weighted by Gasteiger charge is 2.35. The number of piperidine rings is 1. The van der Waals surface area contributed by atoms with Crippen LogP contribution in [0.15, 0.2) is 24.3 Å².